The minimum atomic E-state index is -3.08. The van der Waals surface area contributed by atoms with Crippen LogP contribution in [0.1, 0.15) is 201 Å². The van der Waals surface area contributed by atoms with E-state index in [0.29, 0.717) is 12.8 Å². The van der Waals surface area contributed by atoms with Crippen LogP contribution < -0.4 is 10.6 Å². The lowest BCUT2D eigenvalue weighted by Crippen LogP contribution is -2.70. The summed E-state index contributed by atoms with van der Waals surface area (Å²) in [5.41, 5.74) is 0. The van der Waals surface area contributed by atoms with Crippen LogP contribution in [0.5, 0.6) is 0 Å². The second-order valence-electron chi connectivity index (χ2n) is 22.9. The highest BCUT2D eigenvalue weighted by Gasteiger charge is 2.60. The van der Waals surface area contributed by atoms with Gasteiger partial charge in [0, 0.05) is 19.8 Å². The highest BCUT2D eigenvalue weighted by Crippen LogP contribution is 2.38. The zero-order valence-electron chi connectivity index (χ0n) is 49.8. The van der Waals surface area contributed by atoms with E-state index in [9.17, 15) is 75.7 Å². The Morgan fingerprint density at radius 2 is 1.13 bits per heavy atom. The Balaban J connectivity index is 1.61. The van der Waals surface area contributed by atoms with Crippen molar-refractivity contribution in [2.24, 2.45) is 0 Å². The third kappa shape index (κ3) is 26.2. The zero-order valence-corrected chi connectivity index (χ0v) is 49.8. The molecule has 3 aliphatic rings. The first-order chi connectivity index (χ1) is 39.9. The van der Waals surface area contributed by atoms with Gasteiger partial charge in [-0.15, -0.1) is 0 Å². The van der Waals surface area contributed by atoms with Gasteiger partial charge >= 0.3 is 5.97 Å². The van der Waals surface area contributed by atoms with Crippen LogP contribution in [-0.2, 0) is 42.8 Å². The van der Waals surface area contributed by atoms with E-state index < -0.39 is 155 Å². The van der Waals surface area contributed by atoms with Crippen molar-refractivity contribution in [2.45, 2.75) is 310 Å². The van der Waals surface area contributed by atoms with Gasteiger partial charge in [-0.3, -0.25) is 9.59 Å². The summed E-state index contributed by atoms with van der Waals surface area (Å²) < 4.78 is 34.6. The minimum absolute atomic E-state index is 0.195. The van der Waals surface area contributed by atoms with Crippen LogP contribution in [0.15, 0.2) is 24.3 Å². The van der Waals surface area contributed by atoms with E-state index in [1.54, 1.807) is 6.08 Å². The number of aliphatic hydroxyl groups excluding tert-OH is 11. The van der Waals surface area contributed by atoms with E-state index in [0.717, 1.165) is 90.4 Å². The van der Waals surface area contributed by atoms with Crippen LogP contribution in [-0.4, -0.2) is 215 Å². The van der Waals surface area contributed by atoms with E-state index in [4.69, 9.17) is 28.4 Å². The first kappa shape index (κ1) is 74.5. The molecule has 3 fully saturated rings. The SMILES string of the molecule is CCCCCCCCC/C=C/C(O)C(COC1OC(CO)C(OC2OC(CO)C(O)C(OC3(C(=O)O)CC(O)C(NC(C)=O)C(C(O)C(O)CO)O3)C2O)C(O)C1O)NC(=O)CCCCCCCCC/C=C\CCCCCCCCCCC. The number of carboxylic acid groups (broad SMARTS) is 1. The van der Waals surface area contributed by atoms with Crippen molar-refractivity contribution < 1.29 is 104 Å². The maximum Gasteiger partial charge on any atom is 0.364 e. The molecule has 484 valence electrons. The van der Waals surface area contributed by atoms with Gasteiger partial charge < -0.3 is 100 Å². The molecule has 2 amide bonds. The number of amides is 2. The number of hydrogen-bond acceptors (Lipinski definition) is 20. The Labute approximate surface area is 492 Å². The Morgan fingerprint density at radius 1 is 0.627 bits per heavy atom. The first-order valence-electron chi connectivity index (χ1n) is 31.2. The maximum atomic E-state index is 13.3. The van der Waals surface area contributed by atoms with Crippen LogP contribution in [0, 0.1) is 0 Å². The Bertz CT molecular complexity index is 1800. The maximum absolute atomic E-state index is 13.3. The van der Waals surface area contributed by atoms with Crippen LogP contribution in [0.2, 0.25) is 0 Å². The number of carboxylic acids is 1. The monoisotopic (exact) mass is 1190 g/mol. The summed E-state index contributed by atoms with van der Waals surface area (Å²) in [6.07, 6.45) is 8.39. The molecule has 83 heavy (non-hydrogen) atoms. The molecule has 0 aromatic rings. The van der Waals surface area contributed by atoms with Gasteiger partial charge in [-0.05, 0) is 44.9 Å². The van der Waals surface area contributed by atoms with Gasteiger partial charge in [0.15, 0.2) is 12.6 Å². The molecular weight excluding hydrogens is 1080 g/mol. The lowest BCUT2D eigenvalue weighted by molar-refractivity contribution is -0.386. The summed E-state index contributed by atoms with van der Waals surface area (Å²) in [5.74, 6) is -6.15. The van der Waals surface area contributed by atoms with Gasteiger partial charge in [0.1, 0.15) is 67.1 Å². The third-order valence-electron chi connectivity index (χ3n) is 15.9. The molecule has 0 radical (unpaired) electrons. The van der Waals surface area contributed by atoms with E-state index in [1.165, 1.54) is 70.6 Å². The second kappa shape index (κ2) is 42.2. The molecule has 3 saturated heterocycles. The Hall–Kier alpha value is -2.79. The number of allylic oxidation sites excluding steroid dienone is 3. The molecule has 0 bridgehead atoms. The molecule has 0 aromatic carbocycles. The molecular formula is C60H108N2O21. The standard InChI is InChI=1S/C60H108N2O21/c1-4-6-8-10-12-14-15-16-17-18-19-20-21-22-23-24-26-28-30-32-34-47(70)62-41(42(67)33-31-29-27-25-13-11-9-7-5-2)39-78-57-52(74)51(73)54(46(38-65)80-57)81-58-53(75)56(50(72)45(37-64)79-58)83-60(59(76)77)35-43(68)48(61-40(3)66)55(82-60)49(71)44(69)36-63/h19-20,31,33,41-46,48-58,63-65,67-69,71-75H,4-18,21-30,32,34-39H2,1-3H3,(H,61,66)(H,62,70)(H,76,77)/b20-19-,33-31+. The average Bonchev–Trinajstić information content (AvgIpc) is 2.01. The van der Waals surface area contributed by atoms with E-state index in [2.05, 4.69) is 36.6 Å². The van der Waals surface area contributed by atoms with Crippen molar-refractivity contribution in [1.82, 2.24) is 10.6 Å². The van der Waals surface area contributed by atoms with Gasteiger partial charge in [-0.25, -0.2) is 4.79 Å². The fourth-order valence-corrected chi connectivity index (χ4v) is 10.8. The molecule has 14 N–H and O–H groups in total. The first-order valence-corrected chi connectivity index (χ1v) is 31.2. The lowest BCUT2D eigenvalue weighted by atomic mass is 9.88. The molecule has 3 aliphatic heterocycles. The highest BCUT2D eigenvalue weighted by atomic mass is 16.8. The topological polar surface area (TPSA) is 373 Å². The zero-order chi connectivity index (χ0) is 61.2. The minimum Gasteiger partial charge on any atom is -0.477 e. The fourth-order valence-electron chi connectivity index (χ4n) is 10.8. The molecule has 23 nitrogen and oxygen atoms in total. The quantitative estimate of drug-likeness (QED) is 0.0307. The second-order valence-corrected chi connectivity index (χ2v) is 22.9. The number of aliphatic hydroxyl groups is 11. The fraction of sp³-hybridized carbons (Fsp3) is 0.883. The summed E-state index contributed by atoms with van der Waals surface area (Å²) in [5, 5.41) is 135. The number of aliphatic carboxylic acids is 1. The summed E-state index contributed by atoms with van der Waals surface area (Å²) >= 11 is 0. The van der Waals surface area contributed by atoms with E-state index in [-0.39, 0.29) is 12.3 Å². The van der Waals surface area contributed by atoms with Gasteiger partial charge in [0.05, 0.1) is 50.7 Å². The lowest BCUT2D eigenvalue weighted by Gasteiger charge is -2.50. The van der Waals surface area contributed by atoms with Crippen molar-refractivity contribution in [3.63, 3.8) is 0 Å². The number of unbranched alkanes of at least 4 members (excludes halogenated alkanes) is 23. The van der Waals surface area contributed by atoms with Crippen molar-refractivity contribution in [1.29, 1.82) is 0 Å². The number of hydrogen-bond donors (Lipinski definition) is 14. The number of ether oxygens (including phenoxy) is 6. The highest BCUT2D eigenvalue weighted by molar-refractivity contribution is 5.77. The number of carbonyl (C=O) groups is 3. The van der Waals surface area contributed by atoms with Crippen LogP contribution in [0.25, 0.3) is 0 Å². The van der Waals surface area contributed by atoms with Crippen LogP contribution in [0.3, 0.4) is 0 Å². The predicted molar refractivity (Wildman–Crippen MR) is 306 cm³/mol. The Morgan fingerprint density at radius 3 is 1.64 bits per heavy atom. The summed E-state index contributed by atoms with van der Waals surface area (Å²) in [6, 6.07) is -2.62. The smallest absolute Gasteiger partial charge is 0.364 e. The van der Waals surface area contributed by atoms with Gasteiger partial charge in [0.25, 0.3) is 5.79 Å². The molecule has 18 atom stereocenters. The number of nitrogens with one attached hydrogen (secondary N) is 2. The van der Waals surface area contributed by atoms with Crippen molar-refractivity contribution in [3.8, 4) is 0 Å². The molecule has 3 heterocycles. The van der Waals surface area contributed by atoms with Gasteiger partial charge in [0.2, 0.25) is 11.8 Å². The molecule has 0 saturated carbocycles. The van der Waals surface area contributed by atoms with E-state index >= 15 is 0 Å². The molecule has 23 heteroatoms. The van der Waals surface area contributed by atoms with Crippen LogP contribution >= 0.6 is 0 Å². The van der Waals surface area contributed by atoms with Crippen LogP contribution in [0.4, 0.5) is 0 Å². The number of carbonyl (C=O) groups excluding carboxylic acids is 2. The van der Waals surface area contributed by atoms with Crippen molar-refractivity contribution >= 4 is 17.8 Å². The molecule has 3 rings (SSSR count). The molecule has 0 aliphatic carbocycles. The van der Waals surface area contributed by atoms with Crippen molar-refractivity contribution in [3.05, 3.63) is 24.3 Å². The molecule has 0 aromatic heterocycles. The van der Waals surface area contributed by atoms with Gasteiger partial charge in [-0.2, -0.15) is 0 Å². The summed E-state index contributed by atoms with van der Waals surface area (Å²) in [4.78, 5) is 38.4. The molecule has 18 unspecified atom stereocenters. The summed E-state index contributed by atoms with van der Waals surface area (Å²) in [6.45, 7) is 2.06. The normalized spacial score (nSPS) is 30.1. The summed E-state index contributed by atoms with van der Waals surface area (Å²) in [7, 11) is 0. The third-order valence-corrected chi connectivity index (χ3v) is 15.9. The number of rotatable bonds is 45. The largest absolute Gasteiger partial charge is 0.477 e. The van der Waals surface area contributed by atoms with Gasteiger partial charge in [-0.1, -0.05) is 160 Å². The Kier molecular flexibility index (Phi) is 37.8. The predicted octanol–water partition coefficient (Wildman–Crippen LogP) is 3.33. The van der Waals surface area contributed by atoms with Crippen molar-refractivity contribution in [2.75, 3.05) is 26.4 Å². The van der Waals surface area contributed by atoms with E-state index in [1.807, 2.05) is 6.08 Å². The average molecular weight is 1190 g/mol. The molecule has 0 spiro atoms.